The Bertz CT molecular complexity index is 726. The number of nitrogens with zero attached hydrogens (tertiary/aromatic N) is 2. The summed E-state index contributed by atoms with van der Waals surface area (Å²) in [5.41, 5.74) is 4.07. The molecule has 2 atom stereocenters. The van der Waals surface area contributed by atoms with Crippen LogP contribution >= 0.6 is 0 Å². The van der Waals surface area contributed by atoms with Crippen LogP contribution in [0.3, 0.4) is 0 Å². The normalized spacial score (nSPS) is 28.0. The highest BCUT2D eigenvalue weighted by molar-refractivity contribution is 7.80. The van der Waals surface area contributed by atoms with Gasteiger partial charge in [0.25, 0.3) is 11.8 Å². The number of carbonyl (C=O) groups excluding carboxylic acids is 3. The van der Waals surface area contributed by atoms with Crippen LogP contribution in [0.15, 0.2) is 0 Å². The number of amides is 4. The van der Waals surface area contributed by atoms with Gasteiger partial charge >= 0.3 is 16.4 Å². The van der Waals surface area contributed by atoms with Gasteiger partial charge in [-0.1, -0.05) is 0 Å². The molecule has 0 aromatic carbocycles. The van der Waals surface area contributed by atoms with Crippen LogP contribution in [-0.2, 0) is 24.3 Å². The fraction of sp³-hybridized carbons (Fsp3) is 0.727. The molecule has 3 aliphatic rings. The van der Waals surface area contributed by atoms with E-state index in [-0.39, 0.29) is 11.0 Å². The molecule has 0 unspecified atom stereocenters. The molecule has 3 N–H and O–H groups in total. The fourth-order valence-corrected chi connectivity index (χ4v) is 3.11. The average molecular weight is 384 g/mol. The van der Waals surface area contributed by atoms with E-state index in [4.69, 9.17) is 4.55 Å². The van der Waals surface area contributed by atoms with Crippen molar-refractivity contribution in [1.82, 2.24) is 20.8 Å². The van der Waals surface area contributed by atoms with Crippen molar-refractivity contribution < 1.29 is 40.4 Å². The molecule has 3 fully saturated rings. The van der Waals surface area contributed by atoms with Crippen molar-refractivity contribution in [2.45, 2.75) is 37.3 Å². The second kappa shape index (κ2) is 5.74. The number of carbonyl (C=O) groups is 3. The maximum absolute atomic E-state index is 14.2. The van der Waals surface area contributed by atoms with Gasteiger partial charge in [-0.2, -0.15) is 13.5 Å². The number of piperidine rings is 1. The van der Waals surface area contributed by atoms with Gasteiger partial charge in [-0.05, 0) is 12.8 Å². The first-order valence-corrected chi connectivity index (χ1v) is 8.60. The zero-order valence-electron chi connectivity index (χ0n) is 12.5. The minimum Gasteiger partial charge on any atom is -0.308 e. The molecule has 0 radical (unpaired) electrons. The molecule has 2 bridgehead atoms. The lowest BCUT2D eigenvalue weighted by molar-refractivity contribution is -0.154. The third-order valence-electron chi connectivity index (χ3n) is 4.15. The summed E-state index contributed by atoms with van der Waals surface area (Å²) >= 11 is 0. The minimum atomic E-state index is -5.20. The maximum atomic E-state index is 14.2. The Morgan fingerprint density at radius 3 is 2.40 bits per heavy atom. The Morgan fingerprint density at radius 2 is 1.84 bits per heavy atom. The largest absolute Gasteiger partial charge is 0.418 e. The van der Waals surface area contributed by atoms with Crippen molar-refractivity contribution in [3.63, 3.8) is 0 Å². The number of hydroxylamine groups is 2. The maximum Gasteiger partial charge on any atom is 0.418 e. The molecule has 2 aliphatic heterocycles. The number of alkyl halides is 2. The molecular weight excluding hydrogens is 370 g/mol. The Labute approximate surface area is 140 Å². The lowest BCUT2D eigenvalue weighted by atomic mass is 9.96. The summed E-state index contributed by atoms with van der Waals surface area (Å²) in [4.78, 5) is 36.3. The second-order valence-electron chi connectivity index (χ2n) is 6.01. The predicted octanol–water partition coefficient (Wildman–Crippen LogP) is -1.21. The SMILES string of the molecule is O=C(NNC(=O)[C@@H]1CC(F)(F)[C@@H]2CN1C(=O)N2OS(=O)(=O)O)C1CC1. The van der Waals surface area contributed by atoms with Gasteiger partial charge in [0, 0.05) is 12.3 Å². The van der Waals surface area contributed by atoms with Crippen LogP contribution in [0.4, 0.5) is 13.6 Å². The second-order valence-corrected chi connectivity index (χ2v) is 7.02. The van der Waals surface area contributed by atoms with Crippen molar-refractivity contribution in [2.24, 2.45) is 5.92 Å². The van der Waals surface area contributed by atoms with Crippen LogP contribution in [0.2, 0.25) is 0 Å². The zero-order chi connectivity index (χ0) is 18.6. The summed E-state index contributed by atoms with van der Waals surface area (Å²) in [5.74, 6) is -5.40. The Morgan fingerprint density at radius 1 is 1.24 bits per heavy atom. The number of hydrogen-bond donors (Lipinski definition) is 3. The summed E-state index contributed by atoms with van der Waals surface area (Å²) < 4.78 is 62.4. The van der Waals surface area contributed by atoms with Crippen LogP contribution in [0.25, 0.3) is 0 Å². The monoisotopic (exact) mass is 384 g/mol. The third kappa shape index (κ3) is 3.50. The number of rotatable bonds is 4. The molecule has 11 nitrogen and oxygen atoms in total. The number of halogens is 2. The van der Waals surface area contributed by atoms with Gasteiger partial charge in [-0.15, -0.1) is 4.28 Å². The number of hydrazine groups is 1. The summed E-state index contributed by atoms with van der Waals surface area (Å²) in [7, 11) is -5.20. The molecule has 25 heavy (non-hydrogen) atoms. The van der Waals surface area contributed by atoms with Crippen molar-refractivity contribution in [3.8, 4) is 0 Å². The van der Waals surface area contributed by atoms with Gasteiger partial charge in [0.2, 0.25) is 5.91 Å². The molecule has 0 spiro atoms. The van der Waals surface area contributed by atoms with Crippen LogP contribution in [-0.4, -0.2) is 65.3 Å². The topological polar surface area (TPSA) is 145 Å². The van der Waals surface area contributed by atoms with Crippen molar-refractivity contribution in [3.05, 3.63) is 0 Å². The summed E-state index contributed by atoms with van der Waals surface area (Å²) in [6, 6.07) is -4.94. The summed E-state index contributed by atoms with van der Waals surface area (Å²) in [5, 5.41) is -0.161. The fourth-order valence-electron chi connectivity index (χ4n) is 2.74. The van der Waals surface area contributed by atoms with E-state index in [1.165, 1.54) is 0 Å². The van der Waals surface area contributed by atoms with E-state index < -0.39 is 59.2 Å². The van der Waals surface area contributed by atoms with Crippen molar-refractivity contribution in [2.75, 3.05) is 6.54 Å². The highest BCUT2D eigenvalue weighted by Crippen LogP contribution is 2.41. The Hall–Kier alpha value is -2.06. The van der Waals surface area contributed by atoms with E-state index in [2.05, 4.69) is 9.71 Å². The molecule has 0 aromatic rings. The smallest absolute Gasteiger partial charge is 0.308 e. The quantitative estimate of drug-likeness (QED) is 0.407. The summed E-state index contributed by atoms with van der Waals surface area (Å²) in [6.45, 7) is -0.685. The standard InChI is InChI=1S/C11H14F2N4O7S/c12-11(13)3-6(9(19)15-14-8(18)5-1-2-5)16-4-7(11)17(10(16)20)24-25(21,22)23/h5-7H,1-4H2,(H,14,18)(H,15,19)(H,21,22,23)/t6-,7-/m0/s1. The van der Waals surface area contributed by atoms with E-state index in [9.17, 15) is 31.6 Å². The van der Waals surface area contributed by atoms with Gasteiger partial charge in [0.05, 0.1) is 6.54 Å². The van der Waals surface area contributed by atoms with Crippen LogP contribution in [0.5, 0.6) is 0 Å². The van der Waals surface area contributed by atoms with E-state index in [0.29, 0.717) is 17.7 Å². The highest BCUT2D eigenvalue weighted by Gasteiger charge is 2.62. The Kier molecular flexibility index (Phi) is 4.08. The number of nitrogens with one attached hydrogen (secondary N) is 2. The first-order valence-electron chi connectivity index (χ1n) is 7.24. The molecule has 1 saturated carbocycles. The summed E-state index contributed by atoms with van der Waals surface area (Å²) in [6.07, 6.45) is 0.231. The van der Waals surface area contributed by atoms with Crippen LogP contribution in [0, 0.1) is 5.92 Å². The lowest BCUT2D eigenvalue weighted by Gasteiger charge is -2.34. The Balaban J connectivity index is 1.73. The van der Waals surface area contributed by atoms with Gasteiger partial charge in [0.15, 0.2) is 0 Å². The molecule has 3 rings (SSSR count). The molecule has 14 heteroatoms. The van der Waals surface area contributed by atoms with Crippen molar-refractivity contribution >= 4 is 28.2 Å². The molecule has 1 aliphatic carbocycles. The predicted molar refractivity (Wildman–Crippen MR) is 72.7 cm³/mol. The third-order valence-corrected chi connectivity index (χ3v) is 4.50. The van der Waals surface area contributed by atoms with Gasteiger partial charge in [0.1, 0.15) is 12.1 Å². The molecule has 140 valence electrons. The van der Waals surface area contributed by atoms with Crippen molar-refractivity contribution in [1.29, 1.82) is 0 Å². The van der Waals surface area contributed by atoms with E-state index in [0.717, 1.165) is 0 Å². The molecule has 0 aromatic heterocycles. The van der Waals surface area contributed by atoms with E-state index >= 15 is 0 Å². The van der Waals surface area contributed by atoms with Gasteiger partial charge < -0.3 is 4.90 Å². The lowest BCUT2D eigenvalue weighted by Crippen LogP contribution is -2.58. The number of hydrogen-bond acceptors (Lipinski definition) is 6. The first-order chi connectivity index (χ1) is 11.5. The van der Waals surface area contributed by atoms with Crippen LogP contribution < -0.4 is 10.9 Å². The molecule has 2 heterocycles. The minimum absolute atomic E-state index is 0.161. The highest BCUT2D eigenvalue weighted by atomic mass is 32.3. The molecular formula is C11H14F2N4O7S. The molecule has 4 amide bonds. The van der Waals surface area contributed by atoms with E-state index in [1.54, 1.807) is 0 Å². The zero-order valence-corrected chi connectivity index (χ0v) is 13.3. The van der Waals surface area contributed by atoms with Gasteiger partial charge in [-0.3, -0.25) is 25.0 Å². The average Bonchev–Trinajstić information content (AvgIpc) is 3.28. The first kappa shape index (κ1) is 17.8. The van der Waals surface area contributed by atoms with Gasteiger partial charge in [-0.25, -0.2) is 13.6 Å². The van der Waals surface area contributed by atoms with E-state index in [1.807, 2.05) is 5.43 Å². The van der Waals surface area contributed by atoms with Crippen LogP contribution in [0.1, 0.15) is 19.3 Å². The molecule has 2 saturated heterocycles. The number of fused-ring (bicyclic) bond motifs is 2. The number of urea groups is 1.